The molecular weight excluding hydrogens is 731 g/mol. The van der Waals surface area contributed by atoms with E-state index in [9.17, 15) is 0 Å². The number of hydrogen-bond acceptors (Lipinski definition) is 3. The Kier molecular flexibility index (Phi) is 7.58. The first-order valence-electron chi connectivity index (χ1n) is 20.6. The normalized spacial score (nSPS) is 13.0. The maximum absolute atomic E-state index is 6.24. The van der Waals surface area contributed by atoms with E-state index in [0.29, 0.717) is 0 Å². The fourth-order valence-electron chi connectivity index (χ4n) is 9.55. The van der Waals surface area contributed by atoms with Gasteiger partial charge < -0.3 is 13.7 Å². The molecule has 0 spiro atoms. The van der Waals surface area contributed by atoms with Gasteiger partial charge in [0.15, 0.2) is 0 Å². The monoisotopic (exact) mass is 769 g/mol. The Bertz CT molecular complexity index is 3280. The molecule has 0 aliphatic heterocycles. The summed E-state index contributed by atoms with van der Waals surface area (Å²) in [7, 11) is 0. The maximum atomic E-state index is 6.24. The van der Waals surface area contributed by atoms with Gasteiger partial charge in [0.2, 0.25) is 0 Å². The van der Waals surface area contributed by atoms with Crippen molar-refractivity contribution in [1.29, 1.82) is 0 Å². The average Bonchev–Trinajstić information content (AvgIpc) is 3.94. The van der Waals surface area contributed by atoms with Crippen molar-refractivity contribution < 1.29 is 8.83 Å². The molecule has 0 saturated heterocycles. The Morgan fingerprint density at radius 1 is 0.317 bits per heavy atom. The molecule has 3 nitrogen and oxygen atoms in total. The van der Waals surface area contributed by atoms with E-state index in [2.05, 4.69) is 195 Å². The van der Waals surface area contributed by atoms with Crippen LogP contribution >= 0.6 is 0 Å². The summed E-state index contributed by atoms with van der Waals surface area (Å²) >= 11 is 0. The Morgan fingerprint density at radius 3 is 1.22 bits per heavy atom. The zero-order chi connectivity index (χ0) is 40.0. The maximum Gasteiger partial charge on any atom is 0.136 e. The number of rotatable bonds is 6. The highest BCUT2D eigenvalue weighted by molar-refractivity contribution is 6.07. The predicted molar refractivity (Wildman–Crippen MR) is 250 cm³/mol. The van der Waals surface area contributed by atoms with Gasteiger partial charge in [-0.3, -0.25) is 0 Å². The topological polar surface area (TPSA) is 29.5 Å². The van der Waals surface area contributed by atoms with Crippen LogP contribution in [0.3, 0.4) is 0 Å². The van der Waals surface area contributed by atoms with E-state index in [1.54, 1.807) is 0 Å². The summed E-state index contributed by atoms with van der Waals surface area (Å²) in [5.74, 6) is 0. The van der Waals surface area contributed by atoms with Crippen LogP contribution < -0.4 is 4.90 Å². The van der Waals surface area contributed by atoms with Crippen molar-refractivity contribution in [2.45, 2.75) is 19.3 Å². The van der Waals surface area contributed by atoms with Gasteiger partial charge in [-0.25, -0.2) is 0 Å². The third kappa shape index (κ3) is 5.43. The Balaban J connectivity index is 0.907. The molecule has 0 radical (unpaired) electrons. The van der Waals surface area contributed by atoms with E-state index < -0.39 is 0 Å². The molecule has 60 heavy (non-hydrogen) atoms. The molecule has 3 heteroatoms. The molecule has 2 heterocycles. The lowest BCUT2D eigenvalue weighted by Gasteiger charge is -2.26. The molecule has 0 atom stereocenters. The lowest BCUT2D eigenvalue weighted by Crippen LogP contribution is -2.14. The standard InChI is InChI=1S/C57H39NO2/c1-57(2)51-12-6-3-9-45(51)46-30-21-39(33-52(46)57)36-15-24-42(25-16-36)58(43-26-17-37(18-27-43)40-22-31-49-47-10-4-7-13-53(47)59-55(49)34-40)44-28-19-38(20-29-44)41-23-32-50-48-11-5-8-14-54(48)60-56(50)35-41/h3-35H,1-2H3. The minimum Gasteiger partial charge on any atom is -0.456 e. The molecule has 0 unspecified atom stereocenters. The van der Waals surface area contributed by atoms with Gasteiger partial charge in [0.25, 0.3) is 0 Å². The van der Waals surface area contributed by atoms with Crippen LogP contribution in [-0.2, 0) is 5.41 Å². The first-order chi connectivity index (χ1) is 29.5. The Labute approximate surface area is 348 Å². The fourth-order valence-corrected chi connectivity index (χ4v) is 9.55. The molecule has 11 aromatic rings. The quantitative estimate of drug-likeness (QED) is 0.169. The van der Waals surface area contributed by atoms with Crippen LogP contribution in [0.15, 0.2) is 209 Å². The van der Waals surface area contributed by atoms with Crippen LogP contribution in [0.4, 0.5) is 17.1 Å². The SMILES string of the molecule is CC1(C)c2ccccc2-c2ccc(-c3ccc(N(c4ccc(-c5ccc6c(c5)oc5ccccc56)cc4)c4ccc(-c5ccc6c(c5)oc5ccccc56)cc4)cc3)cc21. The van der Waals surface area contributed by atoms with Crippen molar-refractivity contribution in [2.24, 2.45) is 0 Å². The first-order valence-corrected chi connectivity index (χ1v) is 20.6. The number of fused-ring (bicyclic) bond motifs is 9. The Hall–Kier alpha value is -7.62. The van der Waals surface area contributed by atoms with Crippen LogP contribution in [0, 0.1) is 0 Å². The van der Waals surface area contributed by atoms with Gasteiger partial charge in [0.1, 0.15) is 22.3 Å². The van der Waals surface area contributed by atoms with E-state index in [1.165, 1.54) is 33.4 Å². The molecule has 1 aliphatic carbocycles. The van der Waals surface area contributed by atoms with E-state index in [0.717, 1.165) is 83.2 Å². The molecule has 0 N–H and O–H groups in total. The first kappa shape index (κ1) is 34.4. The van der Waals surface area contributed by atoms with E-state index in [4.69, 9.17) is 8.83 Å². The summed E-state index contributed by atoms with van der Waals surface area (Å²) in [5, 5.41) is 4.55. The smallest absolute Gasteiger partial charge is 0.136 e. The lowest BCUT2D eigenvalue weighted by molar-refractivity contribution is 0.660. The van der Waals surface area contributed by atoms with E-state index in [-0.39, 0.29) is 5.41 Å². The van der Waals surface area contributed by atoms with Gasteiger partial charge in [-0.1, -0.05) is 135 Å². The van der Waals surface area contributed by atoms with Crippen LogP contribution in [0.2, 0.25) is 0 Å². The zero-order valence-electron chi connectivity index (χ0n) is 33.3. The van der Waals surface area contributed by atoms with Crippen molar-refractivity contribution in [1.82, 2.24) is 0 Å². The third-order valence-corrected chi connectivity index (χ3v) is 12.7. The fraction of sp³-hybridized carbons (Fsp3) is 0.0526. The van der Waals surface area contributed by atoms with Gasteiger partial charge in [-0.05, 0) is 134 Å². The van der Waals surface area contributed by atoms with Crippen LogP contribution in [0.1, 0.15) is 25.0 Å². The molecule has 1 aliphatic rings. The molecule has 284 valence electrons. The molecule has 2 aromatic heterocycles. The highest BCUT2D eigenvalue weighted by atomic mass is 16.3. The van der Waals surface area contributed by atoms with Crippen molar-refractivity contribution >= 4 is 60.9 Å². The zero-order valence-corrected chi connectivity index (χ0v) is 33.3. The van der Waals surface area contributed by atoms with Gasteiger partial charge >= 0.3 is 0 Å². The summed E-state index contributed by atoms with van der Waals surface area (Å²) < 4.78 is 12.5. The van der Waals surface area contributed by atoms with Crippen LogP contribution in [0.25, 0.3) is 88.4 Å². The summed E-state index contributed by atoms with van der Waals surface area (Å²) in [6, 6.07) is 72.0. The van der Waals surface area contributed by atoms with Crippen LogP contribution in [-0.4, -0.2) is 0 Å². The molecule has 0 saturated carbocycles. The van der Waals surface area contributed by atoms with Gasteiger partial charge in [0.05, 0.1) is 0 Å². The Morgan fingerprint density at radius 2 is 0.700 bits per heavy atom. The van der Waals surface area contributed by atoms with Crippen molar-refractivity contribution in [3.8, 4) is 44.5 Å². The lowest BCUT2D eigenvalue weighted by atomic mass is 9.81. The molecule has 12 rings (SSSR count). The van der Waals surface area contributed by atoms with Crippen molar-refractivity contribution in [3.05, 3.63) is 211 Å². The number of hydrogen-bond donors (Lipinski definition) is 0. The second-order valence-electron chi connectivity index (χ2n) is 16.5. The average molecular weight is 770 g/mol. The van der Waals surface area contributed by atoms with Gasteiger partial charge in [0, 0.05) is 44.0 Å². The minimum absolute atomic E-state index is 0.0490. The number of nitrogens with zero attached hydrogens (tertiary/aromatic N) is 1. The second-order valence-corrected chi connectivity index (χ2v) is 16.5. The summed E-state index contributed by atoms with van der Waals surface area (Å²) in [6.45, 7) is 4.68. The number of para-hydroxylation sites is 2. The summed E-state index contributed by atoms with van der Waals surface area (Å²) in [4.78, 5) is 2.34. The highest BCUT2D eigenvalue weighted by Gasteiger charge is 2.35. The van der Waals surface area contributed by atoms with Crippen molar-refractivity contribution in [3.63, 3.8) is 0 Å². The molecular formula is C57H39NO2. The highest BCUT2D eigenvalue weighted by Crippen LogP contribution is 2.50. The largest absolute Gasteiger partial charge is 0.456 e. The van der Waals surface area contributed by atoms with E-state index >= 15 is 0 Å². The third-order valence-electron chi connectivity index (χ3n) is 12.7. The molecule has 9 aromatic carbocycles. The second kappa shape index (κ2) is 13.2. The van der Waals surface area contributed by atoms with Gasteiger partial charge in [-0.2, -0.15) is 0 Å². The molecule has 0 amide bonds. The minimum atomic E-state index is -0.0490. The van der Waals surface area contributed by atoms with Crippen molar-refractivity contribution in [2.75, 3.05) is 4.90 Å². The van der Waals surface area contributed by atoms with Gasteiger partial charge in [-0.15, -0.1) is 0 Å². The van der Waals surface area contributed by atoms with Crippen LogP contribution in [0.5, 0.6) is 0 Å². The summed E-state index contributed by atoms with van der Waals surface area (Å²) in [6.07, 6.45) is 0. The number of benzene rings is 9. The molecule has 0 fully saturated rings. The predicted octanol–water partition coefficient (Wildman–Crippen LogP) is 16.3. The van der Waals surface area contributed by atoms with E-state index in [1.807, 2.05) is 24.3 Å². The number of furan rings is 2. The summed E-state index contributed by atoms with van der Waals surface area (Å²) in [5.41, 5.74) is 19.2. The molecule has 0 bridgehead atoms. The number of anilines is 3.